The Kier molecular flexibility index (Phi) is 5.40. The molecule has 1 aliphatic rings. The molecule has 0 amide bonds. The number of nitro benzene ring substituents is 1. The zero-order valence-corrected chi connectivity index (χ0v) is 20.7. The first kappa shape index (κ1) is 24.2. The van der Waals surface area contributed by atoms with Crippen molar-refractivity contribution < 1.29 is 32.8 Å². The van der Waals surface area contributed by atoms with E-state index in [9.17, 15) is 24.1 Å². The lowest BCUT2D eigenvalue weighted by atomic mass is 9.92. The lowest BCUT2D eigenvalue weighted by Gasteiger charge is -2.19. The van der Waals surface area contributed by atoms with E-state index in [0.29, 0.717) is 39.0 Å². The third-order valence-electron chi connectivity index (χ3n) is 6.17. The molecule has 0 saturated carbocycles. The predicted octanol–water partition coefficient (Wildman–Crippen LogP) is 6.98. The van der Waals surface area contributed by atoms with E-state index < -0.39 is 22.1 Å². The minimum absolute atomic E-state index is 0.149. The summed E-state index contributed by atoms with van der Waals surface area (Å²) in [5.41, 5.74) is 2.55. The molecule has 8 nitrogen and oxygen atoms in total. The molecular formula is C28H22FNO7. The van der Waals surface area contributed by atoms with Crippen molar-refractivity contribution in [3.63, 3.8) is 0 Å². The van der Waals surface area contributed by atoms with Crippen LogP contribution < -0.4 is 4.74 Å². The second-order valence-corrected chi connectivity index (χ2v) is 9.99. The summed E-state index contributed by atoms with van der Waals surface area (Å²) >= 11 is 0. The number of hydrogen-bond donors (Lipinski definition) is 0. The zero-order valence-electron chi connectivity index (χ0n) is 20.7. The number of ether oxygens (including phenoxy) is 2. The second kappa shape index (κ2) is 8.26. The molecule has 0 N–H and O–H groups in total. The molecule has 9 heteroatoms. The maximum atomic E-state index is 14.4. The quantitative estimate of drug-likeness (QED) is 0.164. The van der Waals surface area contributed by atoms with Gasteiger partial charge in [0.2, 0.25) is 5.78 Å². The number of rotatable bonds is 5. The Bertz CT molecular complexity index is 1630. The number of carbonyl (C=O) groups excluding carboxylic acids is 2. The third-order valence-corrected chi connectivity index (χ3v) is 6.17. The number of Topliss-reactive ketones (excluding diaryl/α,β-unsaturated/α-hetero) is 1. The van der Waals surface area contributed by atoms with E-state index in [4.69, 9.17) is 13.9 Å². The van der Waals surface area contributed by atoms with E-state index in [1.54, 1.807) is 58.9 Å². The first-order valence-electron chi connectivity index (χ1n) is 11.5. The van der Waals surface area contributed by atoms with E-state index >= 15 is 0 Å². The van der Waals surface area contributed by atoms with Gasteiger partial charge in [0.1, 0.15) is 16.9 Å². The minimum Gasteiger partial charge on any atom is -0.456 e. The van der Waals surface area contributed by atoms with Crippen molar-refractivity contribution in [2.75, 3.05) is 0 Å². The zero-order chi connectivity index (χ0) is 26.8. The average Bonchev–Trinajstić information content (AvgIpc) is 3.48. The van der Waals surface area contributed by atoms with E-state index in [-0.39, 0.29) is 34.3 Å². The number of non-ortho nitro benzene ring substituents is 1. The number of allylic oxidation sites excluding steroid dienone is 1. The highest BCUT2D eigenvalue weighted by atomic mass is 19.1. The minimum atomic E-state index is -0.878. The van der Waals surface area contributed by atoms with Crippen LogP contribution in [0.25, 0.3) is 22.5 Å². The number of esters is 1. The molecule has 2 bridgehead atoms. The van der Waals surface area contributed by atoms with Crippen molar-refractivity contribution >= 4 is 39.9 Å². The van der Waals surface area contributed by atoms with Gasteiger partial charge in [0.05, 0.1) is 33.1 Å². The fourth-order valence-corrected chi connectivity index (χ4v) is 4.42. The molecule has 2 aromatic heterocycles. The number of halogens is 1. The lowest BCUT2D eigenvalue weighted by Crippen LogP contribution is -2.22. The second-order valence-electron chi connectivity index (χ2n) is 9.99. The van der Waals surface area contributed by atoms with Gasteiger partial charge in [-0.1, -0.05) is 0 Å². The highest BCUT2D eigenvalue weighted by Crippen LogP contribution is 2.48. The van der Waals surface area contributed by atoms with Gasteiger partial charge in [0.25, 0.3) is 5.69 Å². The van der Waals surface area contributed by atoms with Crippen LogP contribution in [0.5, 0.6) is 11.5 Å². The number of aryl methyl sites for hydroxylation is 2. The number of ketones is 1. The number of hydrogen-bond acceptors (Lipinski definition) is 7. The van der Waals surface area contributed by atoms with Gasteiger partial charge in [-0.15, -0.1) is 0 Å². The number of benzene rings is 3. The number of nitro groups is 1. The Balaban J connectivity index is 1.59. The van der Waals surface area contributed by atoms with Gasteiger partial charge in [-0.25, -0.2) is 4.39 Å². The summed E-state index contributed by atoms with van der Waals surface area (Å²) in [5, 5.41) is 10.9. The summed E-state index contributed by atoms with van der Waals surface area (Å²) in [6.07, 6.45) is 0. The average molecular weight is 503 g/mol. The van der Waals surface area contributed by atoms with Crippen molar-refractivity contribution in [3.05, 3.63) is 86.2 Å². The highest BCUT2D eigenvalue weighted by molar-refractivity contribution is 6.43. The van der Waals surface area contributed by atoms with Crippen LogP contribution in [0.4, 0.5) is 10.1 Å². The maximum Gasteiger partial charge on any atom is 0.316 e. The molecule has 2 heterocycles. The van der Waals surface area contributed by atoms with Gasteiger partial charge in [-0.2, -0.15) is 0 Å². The van der Waals surface area contributed by atoms with Crippen molar-refractivity contribution in [3.8, 4) is 11.5 Å². The van der Waals surface area contributed by atoms with Gasteiger partial charge < -0.3 is 13.9 Å². The van der Waals surface area contributed by atoms with Gasteiger partial charge in [0, 0.05) is 6.07 Å². The molecule has 0 spiro atoms. The Hall–Kier alpha value is -4.53. The first-order valence-corrected chi connectivity index (χ1v) is 11.5. The molecule has 1 aliphatic carbocycles. The lowest BCUT2D eigenvalue weighted by molar-refractivity contribution is -0.385. The molecule has 0 fully saturated rings. The van der Waals surface area contributed by atoms with Gasteiger partial charge >= 0.3 is 5.97 Å². The standard InChI is InChI=1S/C28H22FNO7/c1-13-10-16(35-18-7-6-15(30(33)34)12-17(18)29)11-14(2)21(13)24-25(31)22-19-8-9-20(36-19)23(22)26(24)37-27(32)28(3,4)5/h6-12H,1-5H3. The summed E-state index contributed by atoms with van der Waals surface area (Å²) in [4.78, 5) is 36.7. The van der Waals surface area contributed by atoms with Crippen LogP contribution in [-0.2, 0) is 9.53 Å². The van der Waals surface area contributed by atoms with Crippen molar-refractivity contribution in [2.45, 2.75) is 34.6 Å². The Labute approximate surface area is 210 Å². The molecule has 5 rings (SSSR count). The fraction of sp³-hybridized carbons (Fsp3) is 0.214. The van der Waals surface area contributed by atoms with Crippen LogP contribution in [-0.4, -0.2) is 16.7 Å². The van der Waals surface area contributed by atoms with Crippen LogP contribution in [0, 0.1) is 35.2 Å². The van der Waals surface area contributed by atoms with Gasteiger partial charge in [0.15, 0.2) is 17.3 Å². The van der Waals surface area contributed by atoms with Crippen molar-refractivity contribution in [2.24, 2.45) is 5.41 Å². The van der Waals surface area contributed by atoms with Crippen molar-refractivity contribution in [1.29, 1.82) is 0 Å². The smallest absolute Gasteiger partial charge is 0.316 e. The number of nitrogens with zero attached hydrogens (tertiary/aromatic N) is 1. The normalized spacial score (nSPS) is 13.4. The highest BCUT2D eigenvalue weighted by Gasteiger charge is 2.41. The van der Waals surface area contributed by atoms with Crippen molar-refractivity contribution in [1.82, 2.24) is 0 Å². The SMILES string of the molecule is Cc1cc(Oc2ccc([N+](=O)[O-])cc2F)cc(C)c1C1=C(OC(=O)C(C)(C)C)c2c(c3ccc2o3)C1=O. The Morgan fingerprint density at radius 1 is 0.973 bits per heavy atom. The fourth-order valence-electron chi connectivity index (χ4n) is 4.42. The maximum absolute atomic E-state index is 14.4. The van der Waals surface area contributed by atoms with Gasteiger partial charge in [-0.05, 0) is 81.6 Å². The van der Waals surface area contributed by atoms with E-state index in [1.807, 2.05) is 0 Å². The molecule has 0 atom stereocenters. The molecule has 0 unspecified atom stereocenters. The summed E-state index contributed by atoms with van der Waals surface area (Å²) in [7, 11) is 0. The molecule has 0 aliphatic heterocycles. The summed E-state index contributed by atoms with van der Waals surface area (Å²) in [6, 6.07) is 9.80. The van der Waals surface area contributed by atoms with Crippen LogP contribution in [0.3, 0.4) is 0 Å². The predicted molar refractivity (Wildman–Crippen MR) is 133 cm³/mol. The van der Waals surface area contributed by atoms with E-state index in [2.05, 4.69) is 0 Å². The Morgan fingerprint density at radius 3 is 2.16 bits per heavy atom. The molecule has 2 aromatic carbocycles. The number of fused-ring (bicyclic) bond motifs is 5. The van der Waals surface area contributed by atoms with Crippen LogP contribution >= 0.6 is 0 Å². The topological polar surface area (TPSA) is 109 Å². The molecule has 0 saturated heterocycles. The van der Waals surface area contributed by atoms with E-state index in [0.717, 1.165) is 12.1 Å². The molecule has 37 heavy (non-hydrogen) atoms. The number of furan rings is 2. The molecule has 0 radical (unpaired) electrons. The summed E-state index contributed by atoms with van der Waals surface area (Å²) in [5.74, 6) is -1.45. The molecule has 4 aromatic rings. The molecular weight excluding hydrogens is 481 g/mol. The Morgan fingerprint density at radius 2 is 1.59 bits per heavy atom. The number of carbonyl (C=O) groups is 2. The van der Waals surface area contributed by atoms with E-state index in [1.165, 1.54) is 6.07 Å². The monoisotopic (exact) mass is 503 g/mol. The molecule has 188 valence electrons. The third kappa shape index (κ3) is 3.92. The summed E-state index contributed by atoms with van der Waals surface area (Å²) < 4.78 is 31.6. The largest absolute Gasteiger partial charge is 0.456 e. The summed E-state index contributed by atoms with van der Waals surface area (Å²) in [6.45, 7) is 8.69. The van der Waals surface area contributed by atoms with Crippen LogP contribution in [0.15, 0.2) is 46.9 Å². The van der Waals surface area contributed by atoms with Crippen LogP contribution in [0.1, 0.15) is 53.4 Å². The first-order chi connectivity index (χ1) is 17.4. The van der Waals surface area contributed by atoms with Crippen LogP contribution in [0.2, 0.25) is 0 Å². The van der Waals surface area contributed by atoms with Gasteiger partial charge in [-0.3, -0.25) is 19.7 Å².